The third-order valence-corrected chi connectivity index (χ3v) is 5.14. The number of methoxy groups -OCH3 is 1. The van der Waals surface area contributed by atoms with Crippen LogP contribution in [0.15, 0.2) is 54.6 Å². The van der Waals surface area contributed by atoms with Crippen LogP contribution in [0.2, 0.25) is 0 Å². The van der Waals surface area contributed by atoms with E-state index in [2.05, 4.69) is 5.32 Å². The molecule has 1 aliphatic heterocycles. The zero-order valence-electron chi connectivity index (χ0n) is 15.9. The highest BCUT2D eigenvalue weighted by molar-refractivity contribution is 5.82. The normalized spacial score (nSPS) is 19.3. The van der Waals surface area contributed by atoms with Crippen LogP contribution < -0.4 is 5.32 Å². The van der Waals surface area contributed by atoms with Gasteiger partial charge in [-0.2, -0.15) is 0 Å². The number of nitrogens with zero attached hydrogens (tertiary/aromatic N) is 1. The molecule has 3 rings (SSSR count). The summed E-state index contributed by atoms with van der Waals surface area (Å²) in [6, 6.07) is 16.1. The molecule has 2 aromatic rings. The second-order valence-corrected chi connectivity index (χ2v) is 6.99. The third kappa shape index (κ3) is 4.75. The fraction of sp³-hybridized carbons (Fsp3) is 0.364. The Kier molecular flexibility index (Phi) is 6.76. The minimum Gasteiger partial charge on any atom is -0.375 e. The van der Waals surface area contributed by atoms with E-state index in [4.69, 9.17) is 4.74 Å². The van der Waals surface area contributed by atoms with Gasteiger partial charge >= 0.3 is 0 Å². The summed E-state index contributed by atoms with van der Waals surface area (Å²) in [4.78, 5) is 27.0. The molecule has 148 valence electrons. The van der Waals surface area contributed by atoms with Gasteiger partial charge in [-0.05, 0) is 24.5 Å². The lowest BCUT2D eigenvalue weighted by atomic mass is 9.88. The van der Waals surface area contributed by atoms with Crippen molar-refractivity contribution in [2.45, 2.75) is 25.4 Å². The van der Waals surface area contributed by atoms with Crippen LogP contribution in [-0.2, 0) is 20.9 Å². The van der Waals surface area contributed by atoms with Crippen LogP contribution in [0.1, 0.15) is 30.0 Å². The van der Waals surface area contributed by atoms with Crippen molar-refractivity contribution in [2.75, 3.05) is 20.3 Å². The van der Waals surface area contributed by atoms with Gasteiger partial charge in [0.1, 0.15) is 12.4 Å². The molecule has 6 heteroatoms. The first-order valence-electron chi connectivity index (χ1n) is 9.44. The molecule has 0 saturated carbocycles. The maximum atomic E-state index is 13.8. The highest BCUT2D eigenvalue weighted by Crippen LogP contribution is 2.33. The number of hydrogen-bond acceptors (Lipinski definition) is 3. The Morgan fingerprint density at radius 1 is 1.11 bits per heavy atom. The fourth-order valence-electron chi connectivity index (χ4n) is 3.66. The number of carbonyl (C=O) groups is 2. The Bertz CT molecular complexity index is 812. The summed E-state index contributed by atoms with van der Waals surface area (Å²) in [5.41, 5.74) is 1.50. The summed E-state index contributed by atoms with van der Waals surface area (Å²) in [6.07, 6.45) is 1.36. The van der Waals surface area contributed by atoms with E-state index < -0.39 is 0 Å². The predicted octanol–water partition coefficient (Wildman–Crippen LogP) is 3.07. The van der Waals surface area contributed by atoms with Gasteiger partial charge in [0, 0.05) is 25.8 Å². The van der Waals surface area contributed by atoms with E-state index in [-0.39, 0.29) is 42.7 Å². The van der Waals surface area contributed by atoms with Crippen molar-refractivity contribution in [3.8, 4) is 0 Å². The van der Waals surface area contributed by atoms with Crippen LogP contribution in [0.4, 0.5) is 4.39 Å². The smallest absolute Gasteiger partial charge is 0.249 e. The van der Waals surface area contributed by atoms with Crippen LogP contribution >= 0.6 is 0 Å². The molecule has 2 aromatic carbocycles. The van der Waals surface area contributed by atoms with Gasteiger partial charge in [-0.3, -0.25) is 9.59 Å². The standard InChI is InChI=1S/C22H25FN2O3/c1-28-15-21(26)25-14-18(11-12-20(25)16-7-3-2-4-8-16)22(27)24-13-17-9-5-6-10-19(17)23/h2-10,18,20H,11-15H2,1H3,(H,24,27). The van der Waals surface area contributed by atoms with Gasteiger partial charge in [0.2, 0.25) is 11.8 Å². The van der Waals surface area contributed by atoms with Crippen LogP contribution in [0.3, 0.4) is 0 Å². The Balaban J connectivity index is 1.68. The highest BCUT2D eigenvalue weighted by Gasteiger charge is 2.35. The summed E-state index contributed by atoms with van der Waals surface area (Å²) in [5, 5.41) is 2.81. The van der Waals surface area contributed by atoms with Gasteiger partial charge in [-0.15, -0.1) is 0 Å². The van der Waals surface area contributed by atoms with Crippen molar-refractivity contribution in [2.24, 2.45) is 5.92 Å². The van der Waals surface area contributed by atoms with Crippen molar-refractivity contribution in [3.63, 3.8) is 0 Å². The van der Waals surface area contributed by atoms with E-state index in [1.54, 1.807) is 23.1 Å². The molecule has 1 N–H and O–H groups in total. The Morgan fingerprint density at radius 2 is 1.82 bits per heavy atom. The van der Waals surface area contributed by atoms with Gasteiger partial charge in [0.15, 0.2) is 0 Å². The number of rotatable bonds is 6. The van der Waals surface area contributed by atoms with Gasteiger partial charge < -0.3 is 15.0 Å². The molecule has 0 radical (unpaired) electrons. The Labute approximate surface area is 164 Å². The number of halogens is 1. The summed E-state index contributed by atoms with van der Waals surface area (Å²) in [7, 11) is 1.48. The second-order valence-electron chi connectivity index (χ2n) is 6.99. The lowest BCUT2D eigenvalue weighted by molar-refractivity contribution is -0.142. The molecule has 1 fully saturated rings. The number of nitrogens with one attached hydrogen (secondary N) is 1. The van der Waals surface area contributed by atoms with Crippen LogP contribution in [0.5, 0.6) is 0 Å². The van der Waals surface area contributed by atoms with Gasteiger partial charge in [0.05, 0.1) is 12.0 Å². The summed E-state index contributed by atoms with van der Waals surface area (Å²) in [5.74, 6) is -0.965. The zero-order valence-corrected chi connectivity index (χ0v) is 15.9. The average molecular weight is 384 g/mol. The minimum atomic E-state index is -0.340. The van der Waals surface area contributed by atoms with Crippen molar-refractivity contribution >= 4 is 11.8 Å². The van der Waals surface area contributed by atoms with Gasteiger partial charge in [-0.1, -0.05) is 48.5 Å². The first kappa shape index (κ1) is 20.0. The van der Waals surface area contributed by atoms with E-state index in [9.17, 15) is 14.0 Å². The number of benzene rings is 2. The quantitative estimate of drug-likeness (QED) is 0.833. The number of piperidine rings is 1. The molecule has 1 aliphatic rings. The second kappa shape index (κ2) is 9.46. The molecule has 0 bridgehead atoms. The van der Waals surface area contributed by atoms with Crippen LogP contribution in [-0.4, -0.2) is 37.0 Å². The number of likely N-dealkylation sites (tertiary alicyclic amines) is 1. The van der Waals surface area contributed by atoms with Crippen LogP contribution in [0, 0.1) is 11.7 Å². The van der Waals surface area contributed by atoms with Crippen molar-refractivity contribution < 1.29 is 18.7 Å². The Hall–Kier alpha value is -2.73. The van der Waals surface area contributed by atoms with E-state index >= 15 is 0 Å². The van der Waals surface area contributed by atoms with Crippen LogP contribution in [0.25, 0.3) is 0 Å². The maximum Gasteiger partial charge on any atom is 0.249 e. The first-order valence-corrected chi connectivity index (χ1v) is 9.44. The minimum absolute atomic E-state index is 0.0209. The molecule has 2 atom stereocenters. The van der Waals surface area contributed by atoms with E-state index in [0.29, 0.717) is 24.9 Å². The summed E-state index contributed by atoms with van der Waals surface area (Å²) in [6.45, 7) is 0.438. The van der Waals surface area contributed by atoms with Crippen molar-refractivity contribution in [1.29, 1.82) is 0 Å². The highest BCUT2D eigenvalue weighted by atomic mass is 19.1. The topological polar surface area (TPSA) is 58.6 Å². The van der Waals surface area contributed by atoms with Gasteiger partial charge in [-0.25, -0.2) is 4.39 Å². The third-order valence-electron chi connectivity index (χ3n) is 5.14. The molecular formula is C22H25FN2O3. The number of hydrogen-bond donors (Lipinski definition) is 1. The molecule has 0 aliphatic carbocycles. The number of amides is 2. The van der Waals surface area contributed by atoms with Crippen molar-refractivity contribution in [3.05, 3.63) is 71.5 Å². The molecule has 1 heterocycles. The molecule has 1 saturated heterocycles. The molecule has 0 aromatic heterocycles. The van der Waals surface area contributed by atoms with E-state index in [1.165, 1.54) is 13.2 Å². The largest absolute Gasteiger partial charge is 0.375 e. The average Bonchev–Trinajstić information content (AvgIpc) is 2.73. The summed E-state index contributed by atoms with van der Waals surface area (Å²) >= 11 is 0. The Morgan fingerprint density at radius 3 is 2.54 bits per heavy atom. The molecule has 28 heavy (non-hydrogen) atoms. The van der Waals surface area contributed by atoms with Crippen molar-refractivity contribution in [1.82, 2.24) is 10.2 Å². The number of carbonyl (C=O) groups excluding carboxylic acids is 2. The predicted molar refractivity (Wildman–Crippen MR) is 104 cm³/mol. The molecular weight excluding hydrogens is 359 g/mol. The molecule has 5 nitrogen and oxygen atoms in total. The monoisotopic (exact) mass is 384 g/mol. The fourth-order valence-corrected chi connectivity index (χ4v) is 3.66. The summed E-state index contributed by atoms with van der Waals surface area (Å²) < 4.78 is 18.8. The van der Waals surface area contributed by atoms with E-state index in [1.807, 2.05) is 30.3 Å². The number of ether oxygens (including phenoxy) is 1. The molecule has 2 unspecified atom stereocenters. The van der Waals surface area contributed by atoms with Gasteiger partial charge in [0.25, 0.3) is 0 Å². The lowest BCUT2D eigenvalue weighted by Gasteiger charge is -2.39. The zero-order chi connectivity index (χ0) is 19.9. The van der Waals surface area contributed by atoms with E-state index in [0.717, 1.165) is 5.56 Å². The maximum absolute atomic E-state index is 13.8. The lowest BCUT2D eigenvalue weighted by Crippen LogP contribution is -2.47. The molecule has 2 amide bonds. The molecule has 0 spiro atoms. The first-order chi connectivity index (χ1) is 13.6. The SMILES string of the molecule is COCC(=O)N1CC(C(=O)NCc2ccccc2F)CCC1c1ccccc1.